The lowest BCUT2D eigenvalue weighted by atomic mass is 10.0. The average Bonchev–Trinajstić information content (AvgIpc) is 3.22. The minimum Gasteiger partial charge on any atom is -0.459 e. The molecule has 1 aliphatic heterocycles. The number of nitrogens with one attached hydrogen (secondary N) is 3. The van der Waals surface area contributed by atoms with Gasteiger partial charge in [-0.15, -0.1) is 12.4 Å². The predicted octanol–water partition coefficient (Wildman–Crippen LogP) is 2.89. The molecule has 1 aromatic carbocycles. The van der Waals surface area contributed by atoms with E-state index in [1.165, 1.54) is 6.26 Å². The topological polar surface area (TPSA) is 83.4 Å². The summed E-state index contributed by atoms with van der Waals surface area (Å²) in [4.78, 5) is 23.8. The van der Waals surface area contributed by atoms with Crippen molar-refractivity contribution in [1.29, 1.82) is 0 Å². The molecule has 0 bridgehead atoms. The fourth-order valence-corrected chi connectivity index (χ4v) is 2.60. The average molecular weight is 350 g/mol. The second-order valence-corrected chi connectivity index (χ2v) is 5.62. The summed E-state index contributed by atoms with van der Waals surface area (Å²) in [6.45, 7) is 1.90. The number of benzene rings is 1. The van der Waals surface area contributed by atoms with Crippen LogP contribution in [-0.2, 0) is 4.79 Å². The monoisotopic (exact) mass is 349 g/mol. The highest BCUT2D eigenvalue weighted by Crippen LogP contribution is 2.17. The first kappa shape index (κ1) is 18.0. The van der Waals surface area contributed by atoms with E-state index in [1.807, 2.05) is 0 Å². The first-order valence-corrected chi connectivity index (χ1v) is 7.66. The standard InChI is InChI=1S/C17H19N3O3.ClH/c21-16(10-12-7-8-18-11-12)19-13-3-5-14(6-4-13)20-17(22)15-2-1-9-23-15;/h1-6,9,12,18H,7-8,10-11H2,(H,19,21)(H,20,22);1H. The molecule has 7 heteroatoms. The van der Waals surface area contributed by atoms with Crippen molar-refractivity contribution < 1.29 is 14.0 Å². The SMILES string of the molecule is Cl.O=C(CC1CCNC1)Nc1ccc(NC(=O)c2ccco2)cc1. The molecule has 3 rings (SSSR count). The van der Waals surface area contributed by atoms with E-state index in [0.29, 0.717) is 18.0 Å². The van der Waals surface area contributed by atoms with Crippen molar-refractivity contribution in [3.63, 3.8) is 0 Å². The van der Waals surface area contributed by atoms with Crippen molar-refractivity contribution in [1.82, 2.24) is 5.32 Å². The molecule has 128 valence electrons. The van der Waals surface area contributed by atoms with Crippen molar-refractivity contribution in [2.24, 2.45) is 5.92 Å². The molecule has 2 aromatic rings. The number of furan rings is 1. The highest BCUT2D eigenvalue weighted by atomic mass is 35.5. The molecular formula is C17H20ClN3O3. The third-order valence-electron chi connectivity index (χ3n) is 3.81. The van der Waals surface area contributed by atoms with Crippen LogP contribution in [0.4, 0.5) is 11.4 Å². The first-order chi connectivity index (χ1) is 11.2. The maximum absolute atomic E-state index is 12.0. The Labute approximate surface area is 146 Å². The van der Waals surface area contributed by atoms with Crippen LogP contribution in [0.5, 0.6) is 0 Å². The van der Waals surface area contributed by atoms with Gasteiger partial charge in [-0.2, -0.15) is 0 Å². The summed E-state index contributed by atoms with van der Waals surface area (Å²) in [7, 11) is 0. The van der Waals surface area contributed by atoms with E-state index in [2.05, 4.69) is 16.0 Å². The molecule has 6 nitrogen and oxygen atoms in total. The van der Waals surface area contributed by atoms with Gasteiger partial charge in [-0.3, -0.25) is 9.59 Å². The van der Waals surface area contributed by atoms with Gasteiger partial charge in [0, 0.05) is 17.8 Å². The van der Waals surface area contributed by atoms with Crippen LogP contribution in [-0.4, -0.2) is 24.9 Å². The molecule has 2 heterocycles. The molecule has 1 unspecified atom stereocenters. The quantitative estimate of drug-likeness (QED) is 0.775. The zero-order valence-corrected chi connectivity index (χ0v) is 13.9. The van der Waals surface area contributed by atoms with Gasteiger partial charge in [0.05, 0.1) is 6.26 Å². The van der Waals surface area contributed by atoms with E-state index in [-0.39, 0.29) is 30.0 Å². The Morgan fingerprint density at radius 1 is 1.12 bits per heavy atom. The fourth-order valence-electron chi connectivity index (χ4n) is 2.60. The van der Waals surface area contributed by atoms with Gasteiger partial charge in [0.15, 0.2) is 5.76 Å². The van der Waals surface area contributed by atoms with Crippen LogP contribution in [0.25, 0.3) is 0 Å². The lowest BCUT2D eigenvalue weighted by Crippen LogP contribution is -2.18. The molecule has 24 heavy (non-hydrogen) atoms. The summed E-state index contributed by atoms with van der Waals surface area (Å²) in [5.41, 5.74) is 1.36. The molecule has 0 saturated carbocycles. The Morgan fingerprint density at radius 3 is 2.42 bits per heavy atom. The van der Waals surface area contributed by atoms with Gasteiger partial charge in [0.2, 0.25) is 5.91 Å². The Kier molecular flexibility index (Phi) is 6.40. The highest BCUT2D eigenvalue weighted by molar-refractivity contribution is 6.02. The Bertz CT molecular complexity index is 665. The number of rotatable bonds is 5. The van der Waals surface area contributed by atoms with Crippen molar-refractivity contribution in [2.75, 3.05) is 23.7 Å². The van der Waals surface area contributed by atoms with Crippen molar-refractivity contribution in [2.45, 2.75) is 12.8 Å². The van der Waals surface area contributed by atoms with Crippen molar-refractivity contribution in [3.05, 3.63) is 48.4 Å². The lowest BCUT2D eigenvalue weighted by Gasteiger charge is -2.10. The number of carbonyl (C=O) groups excluding carboxylic acids is 2. The maximum atomic E-state index is 12.0. The summed E-state index contributed by atoms with van der Waals surface area (Å²) < 4.78 is 5.03. The molecule has 1 saturated heterocycles. The number of hydrogen-bond donors (Lipinski definition) is 3. The molecular weight excluding hydrogens is 330 g/mol. The van der Waals surface area contributed by atoms with Gasteiger partial charge in [0.25, 0.3) is 5.91 Å². The fraction of sp³-hybridized carbons (Fsp3) is 0.294. The molecule has 1 aromatic heterocycles. The smallest absolute Gasteiger partial charge is 0.291 e. The van der Waals surface area contributed by atoms with Crippen LogP contribution < -0.4 is 16.0 Å². The molecule has 0 aliphatic carbocycles. The zero-order chi connectivity index (χ0) is 16.1. The van der Waals surface area contributed by atoms with E-state index >= 15 is 0 Å². The molecule has 1 atom stereocenters. The lowest BCUT2D eigenvalue weighted by molar-refractivity contribution is -0.116. The van der Waals surface area contributed by atoms with Gasteiger partial charge in [0.1, 0.15) is 0 Å². The molecule has 2 amide bonds. The van der Waals surface area contributed by atoms with E-state index in [9.17, 15) is 9.59 Å². The van der Waals surface area contributed by atoms with Crippen LogP contribution in [0.2, 0.25) is 0 Å². The van der Waals surface area contributed by atoms with Crippen molar-refractivity contribution >= 4 is 35.6 Å². The van der Waals surface area contributed by atoms with Gasteiger partial charge in [-0.25, -0.2) is 0 Å². The Morgan fingerprint density at radius 2 is 1.83 bits per heavy atom. The van der Waals surface area contributed by atoms with Gasteiger partial charge < -0.3 is 20.4 Å². The second-order valence-electron chi connectivity index (χ2n) is 5.62. The Balaban J connectivity index is 0.00000208. The third-order valence-corrected chi connectivity index (χ3v) is 3.81. The molecule has 1 aliphatic rings. The van der Waals surface area contributed by atoms with Crippen LogP contribution in [0.15, 0.2) is 47.1 Å². The number of halogens is 1. The second kappa shape index (κ2) is 8.52. The largest absolute Gasteiger partial charge is 0.459 e. The van der Waals surface area contributed by atoms with Gasteiger partial charge in [-0.1, -0.05) is 0 Å². The predicted molar refractivity (Wildman–Crippen MR) is 94.6 cm³/mol. The summed E-state index contributed by atoms with van der Waals surface area (Å²) in [5.74, 6) is 0.390. The summed E-state index contributed by atoms with van der Waals surface area (Å²) in [6, 6.07) is 10.3. The normalized spacial score (nSPS) is 16.2. The zero-order valence-electron chi connectivity index (χ0n) is 13.1. The number of carbonyl (C=O) groups is 2. The molecule has 1 fully saturated rings. The van der Waals surface area contributed by atoms with Crippen LogP contribution >= 0.6 is 12.4 Å². The maximum Gasteiger partial charge on any atom is 0.291 e. The molecule has 0 radical (unpaired) electrons. The minimum absolute atomic E-state index is 0. The molecule has 3 N–H and O–H groups in total. The van der Waals surface area contributed by atoms with E-state index < -0.39 is 0 Å². The number of amides is 2. The van der Waals surface area contributed by atoms with E-state index in [4.69, 9.17) is 4.42 Å². The van der Waals surface area contributed by atoms with Crippen LogP contribution in [0, 0.1) is 5.92 Å². The van der Waals surface area contributed by atoms with Gasteiger partial charge >= 0.3 is 0 Å². The highest BCUT2D eigenvalue weighted by Gasteiger charge is 2.18. The van der Waals surface area contributed by atoms with Crippen LogP contribution in [0.1, 0.15) is 23.4 Å². The van der Waals surface area contributed by atoms with Crippen LogP contribution in [0.3, 0.4) is 0 Å². The third kappa shape index (κ3) is 4.84. The number of hydrogen-bond acceptors (Lipinski definition) is 4. The summed E-state index contributed by atoms with van der Waals surface area (Å²) in [6.07, 6.45) is 3.03. The number of anilines is 2. The first-order valence-electron chi connectivity index (χ1n) is 7.66. The van der Waals surface area contributed by atoms with Gasteiger partial charge in [-0.05, 0) is 61.8 Å². The minimum atomic E-state index is -0.305. The van der Waals surface area contributed by atoms with Crippen molar-refractivity contribution in [3.8, 4) is 0 Å². The molecule has 0 spiro atoms. The van der Waals surface area contributed by atoms with E-state index in [1.54, 1.807) is 36.4 Å². The summed E-state index contributed by atoms with van der Waals surface area (Å²) in [5, 5.41) is 8.86. The summed E-state index contributed by atoms with van der Waals surface area (Å²) >= 11 is 0. The Hall–Kier alpha value is -2.31. The van der Waals surface area contributed by atoms with E-state index in [0.717, 1.165) is 25.2 Å².